The van der Waals surface area contributed by atoms with Gasteiger partial charge in [-0.2, -0.15) is 15.0 Å². The Bertz CT molecular complexity index is 264. The fourth-order valence-electron chi connectivity index (χ4n) is 0.829. The van der Waals surface area contributed by atoms with Gasteiger partial charge in [-0.15, -0.1) is 0 Å². The van der Waals surface area contributed by atoms with Crippen molar-refractivity contribution >= 4 is 5.76 Å². The molecule has 0 bridgehead atoms. The van der Waals surface area contributed by atoms with Crippen molar-refractivity contribution < 1.29 is 4.74 Å². The van der Waals surface area contributed by atoms with E-state index in [-0.39, 0.29) is 0 Å². The maximum atomic E-state index is 5.04. The summed E-state index contributed by atoms with van der Waals surface area (Å²) >= 11 is 0. The number of nitrogens with zero attached hydrogens (tertiary/aromatic N) is 3. The van der Waals surface area contributed by atoms with E-state index in [9.17, 15) is 0 Å². The first kappa shape index (κ1) is 7.78. The van der Waals surface area contributed by atoms with E-state index >= 15 is 0 Å². The lowest BCUT2D eigenvalue weighted by molar-refractivity contribution is 0.367. The summed E-state index contributed by atoms with van der Waals surface area (Å²) in [6.45, 7) is 1.90. The normalized spacial score (nSPS) is 11.7. The van der Waals surface area contributed by atoms with Crippen LogP contribution in [-0.2, 0) is 11.8 Å². The summed E-state index contributed by atoms with van der Waals surface area (Å²) in [5, 5.41) is 7.98. The molecule has 0 atom stereocenters. The van der Waals surface area contributed by atoms with Crippen molar-refractivity contribution in [2.75, 3.05) is 7.11 Å². The van der Waals surface area contributed by atoms with Gasteiger partial charge in [0.2, 0.25) is 0 Å². The highest BCUT2D eigenvalue weighted by Gasteiger charge is 2.02. The van der Waals surface area contributed by atoms with Gasteiger partial charge in [0.05, 0.1) is 13.3 Å². The van der Waals surface area contributed by atoms with E-state index in [0.717, 1.165) is 11.5 Å². The number of rotatable bonds is 2. The Balaban J connectivity index is 2.91. The molecule has 4 nitrogen and oxygen atoms in total. The third-order valence-corrected chi connectivity index (χ3v) is 1.33. The molecule has 4 heteroatoms. The number of hydrogen-bond donors (Lipinski definition) is 0. The highest BCUT2D eigenvalue weighted by Crippen LogP contribution is 2.09. The molecule has 1 rings (SSSR count). The van der Waals surface area contributed by atoms with Crippen LogP contribution in [0.2, 0.25) is 0 Å². The summed E-state index contributed by atoms with van der Waals surface area (Å²) in [7, 11) is 3.39. The number of hydrogen-bond acceptors (Lipinski definition) is 3. The van der Waals surface area contributed by atoms with Crippen molar-refractivity contribution in [2.45, 2.75) is 6.92 Å². The van der Waals surface area contributed by atoms with Gasteiger partial charge in [0, 0.05) is 7.05 Å². The number of methoxy groups -OCH3 is 1. The molecule has 0 aliphatic heterocycles. The Kier molecular flexibility index (Phi) is 2.25. The average molecular weight is 153 g/mol. The fraction of sp³-hybridized carbons (Fsp3) is 0.429. The van der Waals surface area contributed by atoms with Crippen LogP contribution in [0.1, 0.15) is 12.6 Å². The lowest BCUT2D eigenvalue weighted by atomic mass is 10.4. The highest BCUT2D eigenvalue weighted by atomic mass is 16.5. The lowest BCUT2D eigenvalue weighted by Gasteiger charge is -1.98. The summed E-state index contributed by atoms with van der Waals surface area (Å²) in [6.07, 6.45) is 3.52. The Morgan fingerprint density at radius 1 is 1.73 bits per heavy atom. The average Bonchev–Trinajstić information content (AvgIpc) is 2.39. The first-order valence-electron chi connectivity index (χ1n) is 3.35. The molecule has 0 unspecified atom stereocenters. The first-order chi connectivity index (χ1) is 5.27. The second kappa shape index (κ2) is 3.18. The predicted octanol–water partition coefficient (Wildman–Crippen LogP) is 0.822. The maximum Gasteiger partial charge on any atom is 0.147 e. The van der Waals surface area contributed by atoms with Gasteiger partial charge < -0.3 is 4.74 Å². The van der Waals surface area contributed by atoms with Crippen LogP contribution in [0.5, 0.6) is 0 Å². The van der Waals surface area contributed by atoms with Crippen molar-refractivity contribution in [3.05, 3.63) is 18.0 Å². The molecule has 1 heterocycles. The molecule has 0 amide bonds. The summed E-state index contributed by atoms with van der Waals surface area (Å²) < 4.78 is 5.04. The molecular weight excluding hydrogens is 142 g/mol. The van der Waals surface area contributed by atoms with Gasteiger partial charge in [0.1, 0.15) is 11.5 Å². The van der Waals surface area contributed by atoms with Crippen molar-refractivity contribution in [3.8, 4) is 0 Å². The van der Waals surface area contributed by atoms with Crippen molar-refractivity contribution in [1.82, 2.24) is 15.0 Å². The zero-order valence-electron chi connectivity index (χ0n) is 6.90. The van der Waals surface area contributed by atoms with E-state index in [4.69, 9.17) is 4.74 Å². The third kappa shape index (κ3) is 1.58. The Morgan fingerprint density at radius 3 is 2.82 bits per heavy atom. The van der Waals surface area contributed by atoms with Crippen LogP contribution in [0.15, 0.2) is 12.3 Å². The zero-order chi connectivity index (χ0) is 8.27. The van der Waals surface area contributed by atoms with Crippen LogP contribution in [0.4, 0.5) is 0 Å². The van der Waals surface area contributed by atoms with E-state index in [2.05, 4.69) is 10.2 Å². The molecule has 0 aromatic carbocycles. The smallest absolute Gasteiger partial charge is 0.147 e. The number of aromatic nitrogens is 3. The zero-order valence-corrected chi connectivity index (χ0v) is 6.90. The number of ether oxygens (including phenoxy) is 1. The molecule has 0 aliphatic rings. The number of aryl methyl sites for hydroxylation is 1. The quantitative estimate of drug-likeness (QED) is 0.590. The summed E-state index contributed by atoms with van der Waals surface area (Å²) in [5.41, 5.74) is 0.762. The van der Waals surface area contributed by atoms with E-state index in [0.29, 0.717) is 0 Å². The van der Waals surface area contributed by atoms with E-state index < -0.39 is 0 Å². The van der Waals surface area contributed by atoms with Crippen molar-refractivity contribution in [3.63, 3.8) is 0 Å². The molecule has 0 radical (unpaired) electrons. The summed E-state index contributed by atoms with van der Waals surface area (Å²) in [6, 6.07) is 0. The van der Waals surface area contributed by atoms with Crippen LogP contribution in [0.3, 0.4) is 0 Å². The van der Waals surface area contributed by atoms with Gasteiger partial charge in [-0.05, 0) is 13.0 Å². The Hall–Kier alpha value is -1.32. The minimum Gasteiger partial charge on any atom is -0.495 e. The van der Waals surface area contributed by atoms with E-state index in [1.54, 1.807) is 20.4 Å². The fourth-order valence-corrected chi connectivity index (χ4v) is 0.829. The summed E-state index contributed by atoms with van der Waals surface area (Å²) in [4.78, 5) is 1.50. The van der Waals surface area contributed by atoms with Crippen LogP contribution in [-0.4, -0.2) is 22.1 Å². The molecule has 0 N–H and O–H groups in total. The third-order valence-electron chi connectivity index (χ3n) is 1.33. The molecular formula is C7H11N3O. The van der Waals surface area contributed by atoms with Gasteiger partial charge in [-0.3, -0.25) is 0 Å². The number of allylic oxidation sites excluding steroid dienone is 1. The van der Waals surface area contributed by atoms with Gasteiger partial charge in [-0.25, -0.2) is 0 Å². The second-order valence-electron chi connectivity index (χ2n) is 2.08. The van der Waals surface area contributed by atoms with Crippen molar-refractivity contribution in [2.24, 2.45) is 7.05 Å². The van der Waals surface area contributed by atoms with Gasteiger partial charge in [0.15, 0.2) is 0 Å². The van der Waals surface area contributed by atoms with Crippen molar-refractivity contribution in [1.29, 1.82) is 0 Å². The standard InChI is InChI=1S/C7H11N3O/c1-4-7(11-3)6-5-8-10(2)9-6/h4-5H,1-3H3/b7-4-. The molecule has 0 saturated carbocycles. The molecule has 1 aromatic rings. The van der Waals surface area contributed by atoms with Gasteiger partial charge in [0.25, 0.3) is 0 Å². The molecule has 60 valence electrons. The largest absolute Gasteiger partial charge is 0.495 e. The van der Waals surface area contributed by atoms with Crippen LogP contribution in [0, 0.1) is 0 Å². The molecule has 0 spiro atoms. The van der Waals surface area contributed by atoms with Crippen LogP contribution >= 0.6 is 0 Å². The van der Waals surface area contributed by atoms with E-state index in [1.807, 2.05) is 13.0 Å². The predicted molar refractivity (Wildman–Crippen MR) is 41.7 cm³/mol. The molecule has 1 aromatic heterocycles. The minimum atomic E-state index is 0.748. The van der Waals surface area contributed by atoms with Gasteiger partial charge in [-0.1, -0.05) is 0 Å². The summed E-state index contributed by atoms with van der Waals surface area (Å²) in [5.74, 6) is 0.748. The Morgan fingerprint density at radius 2 is 2.45 bits per heavy atom. The van der Waals surface area contributed by atoms with Crippen LogP contribution < -0.4 is 0 Å². The minimum absolute atomic E-state index is 0.748. The maximum absolute atomic E-state index is 5.04. The van der Waals surface area contributed by atoms with Gasteiger partial charge >= 0.3 is 0 Å². The second-order valence-corrected chi connectivity index (χ2v) is 2.08. The van der Waals surface area contributed by atoms with Crippen LogP contribution in [0.25, 0.3) is 5.76 Å². The first-order valence-corrected chi connectivity index (χ1v) is 3.35. The monoisotopic (exact) mass is 153 g/mol. The molecule has 11 heavy (non-hydrogen) atoms. The molecule has 0 fully saturated rings. The Labute approximate surface area is 65.5 Å². The molecule has 0 saturated heterocycles. The SMILES string of the molecule is C/C=C(\OC)c1cnn(C)n1. The molecule has 0 aliphatic carbocycles. The topological polar surface area (TPSA) is 39.9 Å². The van der Waals surface area contributed by atoms with E-state index in [1.165, 1.54) is 4.80 Å². The highest BCUT2D eigenvalue weighted by molar-refractivity contribution is 5.54. The lowest BCUT2D eigenvalue weighted by Crippen LogP contribution is -1.93.